The van der Waals surface area contributed by atoms with E-state index < -0.39 is 18.0 Å². The van der Waals surface area contributed by atoms with E-state index in [0.717, 1.165) is 0 Å². The summed E-state index contributed by atoms with van der Waals surface area (Å²) in [4.78, 5) is 0. The molecule has 3 rings (SSSR count). The Morgan fingerprint density at radius 3 is 2.71 bits per heavy atom. The second-order valence-corrected chi connectivity index (χ2v) is 5.94. The third kappa shape index (κ3) is 2.73. The first-order valence-corrected chi connectivity index (χ1v) is 7.52. The number of hydrogen-bond acceptors (Lipinski definition) is 3. The minimum absolute atomic E-state index is 0.0140. The normalized spacial score (nSPS) is 18.4. The van der Waals surface area contributed by atoms with Crippen molar-refractivity contribution in [1.29, 1.82) is 0 Å². The molecule has 0 aromatic heterocycles. The van der Waals surface area contributed by atoms with Crippen molar-refractivity contribution in [3.8, 4) is 11.5 Å². The van der Waals surface area contributed by atoms with Crippen molar-refractivity contribution in [1.82, 2.24) is 0 Å². The number of para-hydroxylation sites is 2. The number of hydrogen-bond donors (Lipinski definition) is 1. The van der Waals surface area contributed by atoms with Gasteiger partial charge in [-0.05, 0) is 34.1 Å². The molecule has 1 heterocycles. The van der Waals surface area contributed by atoms with Crippen molar-refractivity contribution in [2.45, 2.75) is 12.1 Å². The first kappa shape index (κ1) is 14.6. The van der Waals surface area contributed by atoms with Crippen molar-refractivity contribution in [3.63, 3.8) is 0 Å². The number of rotatable bonds is 2. The Hall–Kier alpha value is -1.30. The van der Waals surface area contributed by atoms with Crippen molar-refractivity contribution in [3.05, 3.63) is 57.3 Å². The van der Waals surface area contributed by atoms with E-state index in [4.69, 9.17) is 26.8 Å². The minimum Gasteiger partial charge on any atom is -0.486 e. The molecule has 2 unspecified atom stereocenters. The largest absolute Gasteiger partial charge is 0.486 e. The Morgan fingerprint density at radius 2 is 1.95 bits per heavy atom. The van der Waals surface area contributed by atoms with Gasteiger partial charge in [-0.2, -0.15) is 0 Å². The summed E-state index contributed by atoms with van der Waals surface area (Å²) in [5, 5.41) is 0.0140. The summed E-state index contributed by atoms with van der Waals surface area (Å²) in [5.74, 6) is 0.726. The second-order valence-electron chi connectivity index (χ2n) is 4.70. The van der Waals surface area contributed by atoms with Gasteiger partial charge in [0.2, 0.25) is 0 Å². The first-order chi connectivity index (χ1) is 10.1. The monoisotopic (exact) mass is 371 g/mol. The second kappa shape index (κ2) is 5.83. The lowest BCUT2D eigenvalue weighted by Gasteiger charge is -2.30. The topological polar surface area (TPSA) is 44.5 Å². The number of fused-ring (bicyclic) bond motifs is 1. The lowest BCUT2D eigenvalue weighted by molar-refractivity contribution is 0.0712. The molecule has 0 saturated heterocycles. The van der Waals surface area contributed by atoms with Crippen LogP contribution in [-0.4, -0.2) is 12.7 Å². The standard InChI is InChI=1S/C15H12BrClFNO2/c16-9-6-5-8(14(18)13(9)17)15(19)12-7-20-10-3-1-2-4-11(10)21-12/h1-6,12,15H,7,19H2. The molecule has 6 heteroatoms. The highest BCUT2D eigenvalue weighted by Crippen LogP contribution is 2.36. The van der Waals surface area contributed by atoms with Gasteiger partial charge in [0.15, 0.2) is 17.6 Å². The highest BCUT2D eigenvalue weighted by atomic mass is 79.9. The van der Waals surface area contributed by atoms with Gasteiger partial charge in [-0.25, -0.2) is 4.39 Å². The van der Waals surface area contributed by atoms with Gasteiger partial charge in [-0.1, -0.05) is 29.8 Å². The molecule has 0 aliphatic carbocycles. The van der Waals surface area contributed by atoms with E-state index in [1.165, 1.54) is 0 Å². The molecular formula is C15H12BrClFNO2. The van der Waals surface area contributed by atoms with Gasteiger partial charge in [0, 0.05) is 10.0 Å². The maximum atomic E-state index is 14.2. The van der Waals surface area contributed by atoms with Crippen molar-refractivity contribution >= 4 is 27.5 Å². The summed E-state index contributed by atoms with van der Waals surface area (Å²) < 4.78 is 26.1. The predicted molar refractivity (Wildman–Crippen MR) is 82.4 cm³/mol. The molecular weight excluding hydrogens is 361 g/mol. The molecule has 1 aliphatic heterocycles. The van der Waals surface area contributed by atoms with Gasteiger partial charge in [-0.3, -0.25) is 0 Å². The zero-order valence-corrected chi connectivity index (χ0v) is 13.2. The summed E-state index contributed by atoms with van der Waals surface area (Å²) >= 11 is 9.08. The Morgan fingerprint density at radius 1 is 1.24 bits per heavy atom. The Balaban J connectivity index is 1.87. The summed E-state index contributed by atoms with van der Waals surface area (Å²) in [7, 11) is 0. The molecule has 0 amide bonds. The molecule has 1 aliphatic rings. The lowest BCUT2D eigenvalue weighted by Crippen LogP contribution is -2.39. The van der Waals surface area contributed by atoms with Crippen LogP contribution in [0.3, 0.4) is 0 Å². The van der Waals surface area contributed by atoms with E-state index >= 15 is 0 Å². The average Bonchev–Trinajstić information content (AvgIpc) is 2.52. The summed E-state index contributed by atoms with van der Waals surface area (Å²) in [6.45, 7) is 0.255. The maximum absolute atomic E-state index is 14.2. The Labute approximate surface area is 134 Å². The minimum atomic E-state index is -0.677. The van der Waals surface area contributed by atoms with Crippen LogP contribution in [0.2, 0.25) is 5.02 Å². The van der Waals surface area contributed by atoms with Crippen LogP contribution < -0.4 is 15.2 Å². The lowest BCUT2D eigenvalue weighted by atomic mass is 10.0. The van der Waals surface area contributed by atoms with Crippen LogP contribution in [0.15, 0.2) is 40.9 Å². The van der Waals surface area contributed by atoms with Crippen LogP contribution in [0.25, 0.3) is 0 Å². The van der Waals surface area contributed by atoms with Gasteiger partial charge >= 0.3 is 0 Å². The van der Waals surface area contributed by atoms with E-state index in [0.29, 0.717) is 21.5 Å². The van der Waals surface area contributed by atoms with Crippen LogP contribution in [0.5, 0.6) is 11.5 Å². The maximum Gasteiger partial charge on any atom is 0.161 e. The molecule has 2 aromatic carbocycles. The van der Waals surface area contributed by atoms with Crippen molar-refractivity contribution in [2.75, 3.05) is 6.61 Å². The highest BCUT2D eigenvalue weighted by molar-refractivity contribution is 9.10. The van der Waals surface area contributed by atoms with Crippen LogP contribution in [0.4, 0.5) is 4.39 Å². The van der Waals surface area contributed by atoms with E-state index in [2.05, 4.69) is 15.9 Å². The number of benzene rings is 2. The highest BCUT2D eigenvalue weighted by Gasteiger charge is 2.30. The third-order valence-corrected chi connectivity index (χ3v) is 4.61. The van der Waals surface area contributed by atoms with Gasteiger partial charge in [0.25, 0.3) is 0 Å². The fourth-order valence-electron chi connectivity index (χ4n) is 2.21. The van der Waals surface area contributed by atoms with Gasteiger partial charge in [0.05, 0.1) is 11.1 Å². The SMILES string of the molecule is NC(c1ccc(Br)c(Cl)c1F)C1COc2ccccc2O1. The zero-order chi connectivity index (χ0) is 15.0. The molecule has 0 radical (unpaired) electrons. The summed E-state index contributed by atoms with van der Waals surface area (Å²) in [5.41, 5.74) is 6.43. The van der Waals surface area contributed by atoms with E-state index in [1.54, 1.807) is 18.2 Å². The van der Waals surface area contributed by atoms with Crippen LogP contribution >= 0.6 is 27.5 Å². The third-order valence-electron chi connectivity index (χ3n) is 3.36. The average molecular weight is 373 g/mol. The van der Waals surface area contributed by atoms with E-state index in [1.807, 2.05) is 18.2 Å². The predicted octanol–water partition coefficient (Wildman–Crippen LogP) is 4.08. The Bertz CT molecular complexity index is 683. The van der Waals surface area contributed by atoms with Gasteiger partial charge < -0.3 is 15.2 Å². The molecule has 0 saturated carbocycles. The van der Waals surface area contributed by atoms with Gasteiger partial charge in [0.1, 0.15) is 12.4 Å². The number of ether oxygens (including phenoxy) is 2. The zero-order valence-electron chi connectivity index (χ0n) is 10.9. The van der Waals surface area contributed by atoms with Crippen molar-refractivity contribution < 1.29 is 13.9 Å². The van der Waals surface area contributed by atoms with E-state index in [-0.39, 0.29) is 11.6 Å². The molecule has 3 nitrogen and oxygen atoms in total. The number of nitrogens with two attached hydrogens (primary N) is 1. The molecule has 21 heavy (non-hydrogen) atoms. The fraction of sp³-hybridized carbons (Fsp3) is 0.200. The van der Waals surface area contributed by atoms with Crippen LogP contribution in [-0.2, 0) is 0 Å². The molecule has 0 spiro atoms. The summed E-state index contributed by atoms with van der Waals surface area (Å²) in [6, 6.07) is 9.89. The molecule has 2 atom stereocenters. The van der Waals surface area contributed by atoms with E-state index in [9.17, 15) is 4.39 Å². The molecule has 0 fully saturated rings. The smallest absolute Gasteiger partial charge is 0.161 e. The Kier molecular flexibility index (Phi) is 4.06. The molecule has 0 bridgehead atoms. The van der Waals surface area contributed by atoms with Gasteiger partial charge in [-0.15, -0.1) is 0 Å². The number of halogens is 3. The summed E-state index contributed by atoms with van der Waals surface area (Å²) in [6.07, 6.45) is -0.480. The molecule has 2 aromatic rings. The quantitative estimate of drug-likeness (QED) is 0.808. The first-order valence-electron chi connectivity index (χ1n) is 6.35. The fourth-order valence-corrected chi connectivity index (χ4v) is 2.69. The van der Waals surface area contributed by atoms with Crippen LogP contribution in [0, 0.1) is 5.82 Å². The molecule has 110 valence electrons. The van der Waals surface area contributed by atoms with Crippen molar-refractivity contribution in [2.24, 2.45) is 5.73 Å². The molecule has 2 N–H and O–H groups in total. The van der Waals surface area contributed by atoms with Crippen LogP contribution in [0.1, 0.15) is 11.6 Å².